The third-order valence-electron chi connectivity index (χ3n) is 3.26. The van der Waals surface area contributed by atoms with Gasteiger partial charge < -0.3 is 20.7 Å². The van der Waals surface area contributed by atoms with Gasteiger partial charge in [0, 0.05) is 13.6 Å². The second-order valence-electron chi connectivity index (χ2n) is 4.50. The molecule has 0 bridgehead atoms. The third-order valence-corrected chi connectivity index (χ3v) is 3.26. The van der Waals surface area contributed by atoms with Crippen molar-refractivity contribution in [2.75, 3.05) is 26.4 Å². The minimum absolute atomic E-state index is 0.0742. The van der Waals surface area contributed by atoms with Crippen LogP contribution in [0.4, 0.5) is 5.69 Å². The van der Waals surface area contributed by atoms with Crippen LogP contribution in [0, 0.1) is 0 Å². The Morgan fingerprint density at radius 1 is 1.53 bits per heavy atom. The second-order valence-corrected chi connectivity index (χ2v) is 4.50. The highest BCUT2D eigenvalue weighted by Gasteiger charge is 2.30. The molecule has 1 saturated heterocycles. The lowest BCUT2D eigenvalue weighted by atomic mass is 10.1. The predicted molar refractivity (Wildman–Crippen MR) is 70.9 cm³/mol. The van der Waals surface area contributed by atoms with Crippen molar-refractivity contribution in [3.05, 3.63) is 23.8 Å². The fourth-order valence-electron chi connectivity index (χ4n) is 2.11. The SMILES string of the molecule is COc1cccc(C(=O)NC2CCN(C)C2=O)c1N. The smallest absolute Gasteiger partial charge is 0.254 e. The predicted octanol–water partition coefficient (Wildman–Crippen LogP) is 0.238. The number of amides is 2. The number of nitrogens with two attached hydrogens (primary N) is 1. The number of likely N-dealkylation sites (N-methyl/N-ethyl adjacent to an activating group) is 1. The summed E-state index contributed by atoms with van der Waals surface area (Å²) in [5.74, 6) is 0.0161. The normalized spacial score (nSPS) is 18.5. The van der Waals surface area contributed by atoms with Crippen molar-refractivity contribution in [3.8, 4) is 5.75 Å². The lowest BCUT2D eigenvalue weighted by Crippen LogP contribution is -2.40. The molecule has 1 atom stereocenters. The van der Waals surface area contributed by atoms with Gasteiger partial charge in [0.2, 0.25) is 5.91 Å². The highest BCUT2D eigenvalue weighted by Crippen LogP contribution is 2.24. The van der Waals surface area contributed by atoms with Crippen LogP contribution in [0.25, 0.3) is 0 Å². The second kappa shape index (κ2) is 5.17. The summed E-state index contributed by atoms with van der Waals surface area (Å²) in [6, 6.07) is 4.51. The molecular weight excluding hydrogens is 246 g/mol. The first kappa shape index (κ1) is 13.2. The first-order valence-corrected chi connectivity index (χ1v) is 6.03. The van der Waals surface area contributed by atoms with Gasteiger partial charge in [0.15, 0.2) is 0 Å². The lowest BCUT2D eigenvalue weighted by molar-refractivity contribution is -0.128. The maximum atomic E-state index is 12.1. The lowest BCUT2D eigenvalue weighted by Gasteiger charge is -2.14. The van der Waals surface area contributed by atoms with E-state index in [1.807, 2.05) is 0 Å². The van der Waals surface area contributed by atoms with E-state index in [1.54, 1.807) is 30.1 Å². The van der Waals surface area contributed by atoms with Gasteiger partial charge in [-0.3, -0.25) is 9.59 Å². The number of ether oxygens (including phenoxy) is 1. The molecule has 2 amide bonds. The van der Waals surface area contributed by atoms with Gasteiger partial charge in [-0.15, -0.1) is 0 Å². The van der Waals surface area contributed by atoms with E-state index in [0.29, 0.717) is 24.3 Å². The summed E-state index contributed by atoms with van der Waals surface area (Å²) in [6.45, 7) is 0.650. The minimum Gasteiger partial charge on any atom is -0.495 e. The monoisotopic (exact) mass is 263 g/mol. The van der Waals surface area contributed by atoms with Crippen LogP contribution < -0.4 is 15.8 Å². The van der Waals surface area contributed by atoms with Crippen molar-refractivity contribution in [3.63, 3.8) is 0 Å². The molecular formula is C13H17N3O3. The van der Waals surface area contributed by atoms with Gasteiger partial charge in [-0.05, 0) is 18.6 Å². The molecule has 0 aliphatic carbocycles. The van der Waals surface area contributed by atoms with Crippen LogP contribution >= 0.6 is 0 Å². The van der Waals surface area contributed by atoms with Crippen LogP contribution in [0.1, 0.15) is 16.8 Å². The van der Waals surface area contributed by atoms with Crippen molar-refractivity contribution < 1.29 is 14.3 Å². The average Bonchev–Trinajstić information content (AvgIpc) is 2.71. The zero-order chi connectivity index (χ0) is 14.0. The molecule has 0 radical (unpaired) electrons. The van der Waals surface area contributed by atoms with Crippen LogP contribution in [0.3, 0.4) is 0 Å². The summed E-state index contributed by atoms with van der Waals surface area (Å²) >= 11 is 0. The maximum absolute atomic E-state index is 12.1. The van der Waals surface area contributed by atoms with Gasteiger partial charge in [-0.1, -0.05) is 6.07 Å². The molecule has 1 aromatic rings. The number of nitrogens with one attached hydrogen (secondary N) is 1. The summed E-state index contributed by atoms with van der Waals surface area (Å²) in [4.78, 5) is 25.5. The van der Waals surface area contributed by atoms with E-state index < -0.39 is 6.04 Å². The van der Waals surface area contributed by atoms with Crippen LogP contribution in [0.2, 0.25) is 0 Å². The number of carbonyl (C=O) groups is 2. The molecule has 3 N–H and O–H groups in total. The fraction of sp³-hybridized carbons (Fsp3) is 0.385. The number of anilines is 1. The van der Waals surface area contributed by atoms with Crippen molar-refractivity contribution in [1.29, 1.82) is 0 Å². The molecule has 1 aliphatic heterocycles. The Bertz CT molecular complexity index is 516. The number of hydrogen-bond donors (Lipinski definition) is 2. The van der Waals surface area contributed by atoms with E-state index in [-0.39, 0.29) is 17.5 Å². The molecule has 1 aromatic carbocycles. The zero-order valence-electron chi connectivity index (χ0n) is 11.0. The van der Waals surface area contributed by atoms with Crippen LogP contribution in [0.15, 0.2) is 18.2 Å². The first-order valence-electron chi connectivity index (χ1n) is 6.03. The number of methoxy groups -OCH3 is 1. The number of hydrogen-bond acceptors (Lipinski definition) is 4. The van der Waals surface area contributed by atoms with E-state index in [0.717, 1.165) is 0 Å². The highest BCUT2D eigenvalue weighted by molar-refractivity contribution is 6.02. The van der Waals surface area contributed by atoms with Gasteiger partial charge in [0.1, 0.15) is 11.8 Å². The first-order chi connectivity index (χ1) is 9.04. The van der Waals surface area contributed by atoms with E-state index >= 15 is 0 Å². The van der Waals surface area contributed by atoms with Crippen molar-refractivity contribution in [1.82, 2.24) is 10.2 Å². The van der Waals surface area contributed by atoms with Gasteiger partial charge in [0.05, 0.1) is 18.4 Å². The Labute approximate surface area is 111 Å². The number of benzene rings is 1. The maximum Gasteiger partial charge on any atom is 0.254 e. The van der Waals surface area contributed by atoms with Crippen LogP contribution in [-0.2, 0) is 4.79 Å². The quantitative estimate of drug-likeness (QED) is 0.765. The summed E-state index contributed by atoms with van der Waals surface area (Å²) in [7, 11) is 3.21. The Balaban J connectivity index is 2.15. The number of carbonyl (C=O) groups excluding carboxylic acids is 2. The summed E-state index contributed by atoms with van der Waals surface area (Å²) in [6.07, 6.45) is 0.616. The topological polar surface area (TPSA) is 84.7 Å². The number of rotatable bonds is 3. The summed E-state index contributed by atoms with van der Waals surface area (Å²) in [5.41, 5.74) is 6.45. The van der Waals surface area contributed by atoms with Crippen molar-refractivity contribution >= 4 is 17.5 Å². The zero-order valence-corrected chi connectivity index (χ0v) is 11.0. The van der Waals surface area contributed by atoms with Crippen molar-refractivity contribution in [2.24, 2.45) is 0 Å². The molecule has 2 rings (SSSR count). The van der Waals surface area contributed by atoms with Gasteiger partial charge in [-0.25, -0.2) is 0 Å². The molecule has 1 unspecified atom stereocenters. The minimum atomic E-state index is -0.469. The standard InChI is InChI=1S/C13H17N3O3/c1-16-7-6-9(13(16)18)15-12(17)8-4-3-5-10(19-2)11(8)14/h3-5,9H,6-7,14H2,1-2H3,(H,15,17). The van der Waals surface area contributed by atoms with Crippen LogP contribution in [-0.4, -0.2) is 43.5 Å². The Morgan fingerprint density at radius 3 is 2.84 bits per heavy atom. The fourth-order valence-corrected chi connectivity index (χ4v) is 2.11. The Hall–Kier alpha value is -2.24. The third kappa shape index (κ3) is 2.47. The molecule has 0 spiro atoms. The van der Waals surface area contributed by atoms with Crippen molar-refractivity contribution in [2.45, 2.75) is 12.5 Å². The van der Waals surface area contributed by atoms with E-state index in [1.165, 1.54) is 7.11 Å². The summed E-state index contributed by atoms with van der Waals surface area (Å²) in [5, 5.41) is 2.70. The van der Waals surface area contributed by atoms with E-state index in [2.05, 4.69) is 5.32 Å². The average molecular weight is 263 g/mol. The van der Waals surface area contributed by atoms with E-state index in [9.17, 15) is 9.59 Å². The molecule has 0 aromatic heterocycles. The largest absolute Gasteiger partial charge is 0.495 e. The Morgan fingerprint density at radius 2 is 2.26 bits per heavy atom. The number of nitrogen functional groups attached to an aromatic ring is 1. The van der Waals surface area contributed by atoms with Crippen LogP contribution in [0.5, 0.6) is 5.75 Å². The molecule has 1 aliphatic rings. The van der Waals surface area contributed by atoms with Gasteiger partial charge >= 0.3 is 0 Å². The molecule has 102 valence electrons. The van der Waals surface area contributed by atoms with Gasteiger partial charge in [-0.2, -0.15) is 0 Å². The molecule has 0 saturated carbocycles. The highest BCUT2D eigenvalue weighted by atomic mass is 16.5. The molecule has 6 nitrogen and oxygen atoms in total. The van der Waals surface area contributed by atoms with E-state index in [4.69, 9.17) is 10.5 Å². The Kier molecular flexibility index (Phi) is 3.59. The molecule has 6 heteroatoms. The summed E-state index contributed by atoms with van der Waals surface area (Å²) < 4.78 is 5.06. The number of para-hydroxylation sites is 1. The number of likely N-dealkylation sites (tertiary alicyclic amines) is 1. The number of nitrogens with zero attached hydrogens (tertiary/aromatic N) is 1. The molecule has 19 heavy (non-hydrogen) atoms. The van der Waals surface area contributed by atoms with Gasteiger partial charge in [0.25, 0.3) is 5.91 Å². The molecule has 1 heterocycles. The molecule has 1 fully saturated rings.